The molecule has 1 atom stereocenters. The highest BCUT2D eigenvalue weighted by Gasteiger charge is 2.13. The highest BCUT2D eigenvalue weighted by Crippen LogP contribution is 2.24. The van der Waals surface area contributed by atoms with Crippen LogP contribution in [0.25, 0.3) is 11.4 Å². The number of aliphatic hydroxyl groups is 1. The molecule has 1 aromatic heterocycles. The van der Waals surface area contributed by atoms with Gasteiger partial charge in [-0.05, 0) is 5.56 Å². The normalized spacial score (nSPS) is 12.0. The predicted octanol–water partition coefficient (Wildman–Crippen LogP) is 3.35. The van der Waals surface area contributed by atoms with Crippen LogP contribution in [0.5, 0.6) is 0 Å². The standard InChI is InChI=1S/C16H15N3OS/c20-11-14(12-7-3-1-4-8-12)17-16-18-15(19-21-16)13-9-5-2-6-10-13/h1-10,14,20H,11H2,(H,17,18,19). The van der Waals surface area contributed by atoms with E-state index >= 15 is 0 Å². The van der Waals surface area contributed by atoms with Gasteiger partial charge >= 0.3 is 0 Å². The predicted molar refractivity (Wildman–Crippen MR) is 85.2 cm³/mol. The van der Waals surface area contributed by atoms with E-state index in [1.807, 2.05) is 60.7 Å². The summed E-state index contributed by atoms with van der Waals surface area (Å²) in [6.07, 6.45) is 0. The van der Waals surface area contributed by atoms with Crippen LogP contribution in [0.3, 0.4) is 0 Å². The number of hydrogen-bond donors (Lipinski definition) is 2. The lowest BCUT2D eigenvalue weighted by Gasteiger charge is -2.15. The van der Waals surface area contributed by atoms with E-state index in [-0.39, 0.29) is 12.6 Å². The van der Waals surface area contributed by atoms with Crippen LogP contribution in [-0.4, -0.2) is 21.1 Å². The second kappa shape index (κ2) is 6.47. The highest BCUT2D eigenvalue weighted by molar-refractivity contribution is 7.09. The quantitative estimate of drug-likeness (QED) is 0.758. The maximum atomic E-state index is 9.56. The van der Waals surface area contributed by atoms with Crippen molar-refractivity contribution in [1.29, 1.82) is 0 Å². The molecule has 0 spiro atoms. The number of hydrogen-bond acceptors (Lipinski definition) is 5. The van der Waals surface area contributed by atoms with E-state index in [0.717, 1.165) is 11.1 Å². The van der Waals surface area contributed by atoms with Crippen molar-refractivity contribution in [2.75, 3.05) is 11.9 Å². The number of aromatic nitrogens is 2. The SMILES string of the molecule is OCC(Nc1nc(-c2ccccc2)ns1)c1ccccc1. The second-order valence-corrected chi connectivity index (χ2v) is 5.33. The molecule has 3 aromatic rings. The number of rotatable bonds is 5. The number of nitrogens with one attached hydrogen (secondary N) is 1. The molecule has 0 saturated heterocycles. The van der Waals surface area contributed by atoms with E-state index in [1.54, 1.807) is 0 Å². The Morgan fingerprint density at radius 1 is 1.00 bits per heavy atom. The van der Waals surface area contributed by atoms with E-state index in [4.69, 9.17) is 0 Å². The third-order valence-electron chi connectivity index (χ3n) is 3.14. The van der Waals surface area contributed by atoms with Crippen LogP contribution in [0.4, 0.5) is 5.13 Å². The lowest BCUT2D eigenvalue weighted by molar-refractivity contribution is 0.276. The summed E-state index contributed by atoms with van der Waals surface area (Å²) in [6.45, 7) is 0.00423. The van der Waals surface area contributed by atoms with Gasteiger partial charge in [-0.3, -0.25) is 0 Å². The molecule has 0 aliphatic rings. The van der Waals surface area contributed by atoms with E-state index in [1.165, 1.54) is 11.5 Å². The molecule has 0 bridgehead atoms. The smallest absolute Gasteiger partial charge is 0.203 e. The Kier molecular flexibility index (Phi) is 4.23. The summed E-state index contributed by atoms with van der Waals surface area (Å²) in [5.41, 5.74) is 2.01. The largest absolute Gasteiger partial charge is 0.394 e. The number of anilines is 1. The van der Waals surface area contributed by atoms with Gasteiger partial charge in [0.1, 0.15) is 0 Å². The molecule has 5 heteroatoms. The van der Waals surface area contributed by atoms with Gasteiger partial charge in [0.15, 0.2) is 5.82 Å². The van der Waals surface area contributed by atoms with Gasteiger partial charge < -0.3 is 10.4 Å². The fourth-order valence-electron chi connectivity index (χ4n) is 2.06. The summed E-state index contributed by atoms with van der Waals surface area (Å²) in [7, 11) is 0. The van der Waals surface area contributed by atoms with Crippen molar-refractivity contribution in [3.63, 3.8) is 0 Å². The maximum absolute atomic E-state index is 9.56. The molecule has 0 fully saturated rings. The van der Waals surface area contributed by atoms with Crippen molar-refractivity contribution in [1.82, 2.24) is 9.36 Å². The van der Waals surface area contributed by atoms with Gasteiger partial charge in [0.05, 0.1) is 12.6 Å². The number of aliphatic hydroxyl groups excluding tert-OH is 1. The molecule has 1 heterocycles. The summed E-state index contributed by atoms with van der Waals surface area (Å²) >= 11 is 1.30. The Labute approximate surface area is 127 Å². The lowest BCUT2D eigenvalue weighted by atomic mass is 10.1. The maximum Gasteiger partial charge on any atom is 0.203 e. The monoisotopic (exact) mass is 297 g/mol. The highest BCUT2D eigenvalue weighted by atomic mass is 32.1. The molecule has 0 saturated carbocycles. The molecule has 0 radical (unpaired) electrons. The summed E-state index contributed by atoms with van der Waals surface area (Å²) in [5, 5.41) is 13.5. The van der Waals surface area contributed by atoms with Crippen molar-refractivity contribution in [3.05, 3.63) is 66.2 Å². The van der Waals surface area contributed by atoms with Crippen molar-refractivity contribution in [2.45, 2.75) is 6.04 Å². The van der Waals surface area contributed by atoms with Crippen LogP contribution >= 0.6 is 11.5 Å². The Morgan fingerprint density at radius 3 is 2.33 bits per heavy atom. The first-order valence-corrected chi connectivity index (χ1v) is 7.45. The van der Waals surface area contributed by atoms with Crippen molar-refractivity contribution >= 4 is 16.7 Å². The molecule has 2 N–H and O–H groups in total. The van der Waals surface area contributed by atoms with Gasteiger partial charge in [0.2, 0.25) is 5.13 Å². The van der Waals surface area contributed by atoms with Gasteiger partial charge in [-0.25, -0.2) is 0 Å². The summed E-state index contributed by atoms with van der Waals surface area (Å²) in [6, 6.07) is 19.5. The van der Waals surface area contributed by atoms with Gasteiger partial charge in [0, 0.05) is 17.1 Å². The van der Waals surface area contributed by atoms with Crippen LogP contribution in [0, 0.1) is 0 Å². The zero-order valence-corrected chi connectivity index (χ0v) is 12.1. The average Bonchev–Trinajstić information content (AvgIpc) is 3.03. The molecule has 4 nitrogen and oxygen atoms in total. The lowest BCUT2D eigenvalue weighted by Crippen LogP contribution is -2.14. The fourth-order valence-corrected chi connectivity index (χ4v) is 2.70. The molecular weight excluding hydrogens is 282 g/mol. The summed E-state index contributed by atoms with van der Waals surface area (Å²) < 4.78 is 4.35. The molecule has 0 amide bonds. The minimum absolute atomic E-state index is 0.00423. The van der Waals surface area contributed by atoms with E-state index in [9.17, 15) is 5.11 Å². The molecule has 106 valence electrons. The van der Waals surface area contributed by atoms with Crippen LogP contribution in [0.15, 0.2) is 60.7 Å². The second-order valence-electron chi connectivity index (χ2n) is 4.58. The Morgan fingerprint density at radius 2 is 1.67 bits per heavy atom. The molecule has 1 unspecified atom stereocenters. The number of benzene rings is 2. The van der Waals surface area contributed by atoms with Gasteiger partial charge in [-0.15, -0.1) is 0 Å². The molecule has 0 aliphatic heterocycles. The average molecular weight is 297 g/mol. The first kappa shape index (κ1) is 13.7. The Bertz CT molecular complexity index is 685. The minimum atomic E-state index is -0.178. The van der Waals surface area contributed by atoms with Gasteiger partial charge in [-0.1, -0.05) is 60.7 Å². The third-order valence-corrected chi connectivity index (χ3v) is 3.79. The van der Waals surface area contributed by atoms with Gasteiger partial charge in [-0.2, -0.15) is 9.36 Å². The van der Waals surface area contributed by atoms with Crippen LogP contribution in [0.2, 0.25) is 0 Å². The zero-order chi connectivity index (χ0) is 14.5. The van der Waals surface area contributed by atoms with E-state index < -0.39 is 0 Å². The fraction of sp³-hybridized carbons (Fsp3) is 0.125. The summed E-state index contributed by atoms with van der Waals surface area (Å²) in [4.78, 5) is 4.48. The summed E-state index contributed by atoms with van der Waals surface area (Å²) in [5.74, 6) is 0.702. The van der Waals surface area contributed by atoms with Crippen LogP contribution < -0.4 is 5.32 Å². The molecule has 3 rings (SSSR count). The molecule has 0 aliphatic carbocycles. The first-order valence-electron chi connectivity index (χ1n) is 6.68. The van der Waals surface area contributed by atoms with Crippen molar-refractivity contribution in [3.8, 4) is 11.4 Å². The van der Waals surface area contributed by atoms with Crippen molar-refractivity contribution < 1.29 is 5.11 Å². The van der Waals surface area contributed by atoms with E-state index in [2.05, 4.69) is 14.7 Å². The zero-order valence-electron chi connectivity index (χ0n) is 11.3. The van der Waals surface area contributed by atoms with E-state index in [0.29, 0.717) is 11.0 Å². The number of nitrogens with zero attached hydrogens (tertiary/aromatic N) is 2. The Hall–Kier alpha value is -2.24. The molecular formula is C16H15N3OS. The van der Waals surface area contributed by atoms with Crippen LogP contribution in [-0.2, 0) is 0 Å². The van der Waals surface area contributed by atoms with Crippen LogP contribution in [0.1, 0.15) is 11.6 Å². The minimum Gasteiger partial charge on any atom is -0.394 e. The molecule has 2 aromatic carbocycles. The van der Waals surface area contributed by atoms with Gasteiger partial charge in [0.25, 0.3) is 0 Å². The molecule has 21 heavy (non-hydrogen) atoms. The third kappa shape index (κ3) is 3.26. The first-order chi connectivity index (χ1) is 10.4. The Balaban J connectivity index is 1.78. The van der Waals surface area contributed by atoms with Crippen molar-refractivity contribution in [2.24, 2.45) is 0 Å². The topological polar surface area (TPSA) is 58.0 Å².